The number of anilines is 1. The van der Waals surface area contributed by atoms with Crippen molar-refractivity contribution in [3.63, 3.8) is 0 Å². The molecule has 0 amide bonds. The van der Waals surface area contributed by atoms with Crippen molar-refractivity contribution >= 4 is 11.8 Å². The summed E-state index contributed by atoms with van der Waals surface area (Å²) in [7, 11) is 0. The predicted molar refractivity (Wildman–Crippen MR) is 68.8 cm³/mol. The highest BCUT2D eigenvalue weighted by Gasteiger charge is 2.13. The second kappa shape index (κ2) is 5.89. The number of nitro groups is 1. The minimum Gasteiger partial charge on any atom is -0.390 e. The van der Waals surface area contributed by atoms with Gasteiger partial charge in [0, 0.05) is 17.8 Å². The molecule has 0 aromatic carbocycles. The van der Waals surface area contributed by atoms with Crippen LogP contribution in [0.2, 0.25) is 0 Å². The lowest BCUT2D eigenvalue weighted by molar-refractivity contribution is -0.394. The Kier molecular flexibility index (Phi) is 4.01. The van der Waals surface area contributed by atoms with E-state index in [0.717, 1.165) is 24.3 Å². The van der Waals surface area contributed by atoms with Gasteiger partial charge in [-0.05, 0) is 29.0 Å². The molecule has 1 N–H and O–H groups in total. The van der Waals surface area contributed by atoms with Gasteiger partial charge in [-0.25, -0.2) is 4.98 Å². The topological polar surface area (TPSA) is 98.8 Å². The Morgan fingerprint density at radius 3 is 3.00 bits per heavy atom. The van der Waals surface area contributed by atoms with Gasteiger partial charge in [0.1, 0.15) is 5.82 Å². The molecule has 19 heavy (non-hydrogen) atoms. The summed E-state index contributed by atoms with van der Waals surface area (Å²) in [5, 5.41) is 17.4. The maximum absolute atomic E-state index is 10.5. The van der Waals surface area contributed by atoms with Gasteiger partial charge in [-0.15, -0.1) is 0 Å². The highest BCUT2D eigenvalue weighted by atomic mass is 16.6. The van der Waals surface area contributed by atoms with Crippen LogP contribution in [0.3, 0.4) is 0 Å². The van der Waals surface area contributed by atoms with E-state index in [2.05, 4.69) is 27.3 Å². The van der Waals surface area contributed by atoms with Gasteiger partial charge in [-0.2, -0.15) is 4.68 Å². The lowest BCUT2D eigenvalue weighted by Gasteiger charge is -2.05. The van der Waals surface area contributed by atoms with Crippen LogP contribution in [-0.4, -0.2) is 31.2 Å². The van der Waals surface area contributed by atoms with E-state index in [-0.39, 0.29) is 0 Å². The first-order valence-corrected chi connectivity index (χ1v) is 5.91. The SMILES string of the molecule is CCCNc1cc(Cn2cnc([N+](=O)[O-])n2)ccn1. The standard InChI is InChI=1S/C11H14N6O2/c1-2-4-12-10-6-9(3-5-13-10)7-16-8-14-11(15-16)17(18)19/h3,5-6,8H,2,4,7H2,1H3,(H,12,13). The van der Waals surface area contributed by atoms with Gasteiger partial charge in [-0.1, -0.05) is 11.9 Å². The summed E-state index contributed by atoms with van der Waals surface area (Å²) < 4.78 is 1.43. The number of nitrogens with one attached hydrogen (secondary N) is 1. The first-order chi connectivity index (χ1) is 9.19. The largest absolute Gasteiger partial charge is 0.490 e. The lowest BCUT2D eigenvalue weighted by atomic mass is 10.2. The molecule has 8 nitrogen and oxygen atoms in total. The van der Waals surface area contributed by atoms with Crippen LogP contribution in [0.1, 0.15) is 18.9 Å². The Labute approximate surface area is 109 Å². The number of rotatable bonds is 6. The van der Waals surface area contributed by atoms with Crippen molar-refractivity contribution in [2.45, 2.75) is 19.9 Å². The van der Waals surface area contributed by atoms with Crippen molar-refractivity contribution in [3.8, 4) is 0 Å². The maximum atomic E-state index is 10.5. The van der Waals surface area contributed by atoms with Crippen molar-refractivity contribution in [2.24, 2.45) is 0 Å². The normalized spacial score (nSPS) is 10.4. The molecule has 8 heteroatoms. The average molecular weight is 262 g/mol. The highest BCUT2D eigenvalue weighted by molar-refractivity contribution is 5.37. The van der Waals surface area contributed by atoms with Gasteiger partial charge in [-0.3, -0.25) is 0 Å². The Morgan fingerprint density at radius 2 is 2.32 bits per heavy atom. The van der Waals surface area contributed by atoms with Crippen LogP contribution < -0.4 is 5.32 Å². The molecule has 0 aliphatic carbocycles. The predicted octanol–water partition coefficient (Wildman–Crippen LogP) is 1.45. The molecule has 2 aromatic heterocycles. The number of hydrogen-bond acceptors (Lipinski definition) is 6. The second-order valence-corrected chi connectivity index (χ2v) is 3.98. The minimum atomic E-state index is -0.614. The fourth-order valence-corrected chi connectivity index (χ4v) is 1.55. The van der Waals surface area contributed by atoms with Gasteiger partial charge in [0.25, 0.3) is 0 Å². The summed E-state index contributed by atoms with van der Waals surface area (Å²) in [4.78, 5) is 17.7. The summed E-state index contributed by atoms with van der Waals surface area (Å²) in [5.74, 6) is 0.396. The number of pyridine rings is 1. The van der Waals surface area contributed by atoms with Crippen LogP contribution >= 0.6 is 0 Å². The van der Waals surface area contributed by atoms with Crippen LogP contribution in [0.25, 0.3) is 0 Å². The van der Waals surface area contributed by atoms with E-state index in [1.54, 1.807) is 6.20 Å². The van der Waals surface area contributed by atoms with Crippen molar-refractivity contribution in [2.75, 3.05) is 11.9 Å². The Balaban J connectivity index is 2.07. The summed E-state index contributed by atoms with van der Waals surface area (Å²) in [6.07, 6.45) is 4.05. The molecule has 2 aromatic rings. The van der Waals surface area contributed by atoms with Gasteiger partial charge >= 0.3 is 5.95 Å². The maximum Gasteiger partial charge on any atom is 0.490 e. The van der Waals surface area contributed by atoms with E-state index < -0.39 is 10.9 Å². The van der Waals surface area contributed by atoms with Crippen LogP contribution in [0.4, 0.5) is 11.8 Å². The third-order valence-corrected chi connectivity index (χ3v) is 2.41. The van der Waals surface area contributed by atoms with E-state index in [9.17, 15) is 10.1 Å². The summed E-state index contributed by atoms with van der Waals surface area (Å²) in [6, 6.07) is 3.73. The molecule has 0 aliphatic heterocycles. The lowest BCUT2D eigenvalue weighted by Crippen LogP contribution is -2.05. The number of aromatic nitrogens is 4. The average Bonchev–Trinajstić information content (AvgIpc) is 2.85. The monoisotopic (exact) mass is 262 g/mol. The molecule has 0 bridgehead atoms. The van der Waals surface area contributed by atoms with Crippen molar-refractivity contribution in [1.29, 1.82) is 0 Å². The first kappa shape index (κ1) is 12.9. The Bertz CT molecular complexity index is 568. The van der Waals surface area contributed by atoms with E-state index in [4.69, 9.17) is 0 Å². The molecule has 0 saturated heterocycles. The zero-order valence-electron chi connectivity index (χ0n) is 10.5. The molecular formula is C11H14N6O2. The summed E-state index contributed by atoms with van der Waals surface area (Å²) in [5.41, 5.74) is 0.952. The summed E-state index contributed by atoms with van der Waals surface area (Å²) in [6.45, 7) is 3.35. The molecule has 2 heterocycles. The molecule has 0 spiro atoms. The zero-order valence-corrected chi connectivity index (χ0v) is 10.5. The minimum absolute atomic E-state index is 0.390. The molecule has 0 saturated carbocycles. The van der Waals surface area contributed by atoms with E-state index >= 15 is 0 Å². The molecular weight excluding hydrogens is 248 g/mol. The van der Waals surface area contributed by atoms with Crippen LogP contribution in [0, 0.1) is 10.1 Å². The number of hydrogen-bond donors (Lipinski definition) is 1. The van der Waals surface area contributed by atoms with Gasteiger partial charge < -0.3 is 15.4 Å². The van der Waals surface area contributed by atoms with Crippen LogP contribution in [0.5, 0.6) is 0 Å². The van der Waals surface area contributed by atoms with E-state index in [1.165, 1.54) is 11.0 Å². The van der Waals surface area contributed by atoms with Crippen molar-refractivity contribution in [1.82, 2.24) is 19.7 Å². The highest BCUT2D eigenvalue weighted by Crippen LogP contribution is 2.09. The van der Waals surface area contributed by atoms with Crippen LogP contribution in [-0.2, 0) is 6.54 Å². The van der Waals surface area contributed by atoms with Gasteiger partial charge in [0.2, 0.25) is 6.33 Å². The molecule has 0 aliphatic rings. The third-order valence-electron chi connectivity index (χ3n) is 2.41. The quantitative estimate of drug-likeness (QED) is 0.625. The number of nitrogens with zero attached hydrogens (tertiary/aromatic N) is 5. The third kappa shape index (κ3) is 3.47. The van der Waals surface area contributed by atoms with Gasteiger partial charge in [0.15, 0.2) is 0 Å². The van der Waals surface area contributed by atoms with Crippen molar-refractivity contribution in [3.05, 3.63) is 40.3 Å². The zero-order chi connectivity index (χ0) is 13.7. The van der Waals surface area contributed by atoms with Crippen molar-refractivity contribution < 1.29 is 4.92 Å². The molecule has 0 atom stereocenters. The molecule has 0 fully saturated rings. The molecule has 0 unspecified atom stereocenters. The Morgan fingerprint density at radius 1 is 1.47 bits per heavy atom. The van der Waals surface area contributed by atoms with E-state index in [1.807, 2.05) is 12.1 Å². The summed E-state index contributed by atoms with van der Waals surface area (Å²) >= 11 is 0. The molecule has 2 rings (SSSR count). The Hall–Kier alpha value is -2.51. The fraction of sp³-hybridized carbons (Fsp3) is 0.364. The van der Waals surface area contributed by atoms with E-state index in [0.29, 0.717) is 6.54 Å². The second-order valence-electron chi connectivity index (χ2n) is 3.98. The molecule has 0 radical (unpaired) electrons. The van der Waals surface area contributed by atoms with Gasteiger partial charge in [0.05, 0.1) is 6.54 Å². The fourth-order valence-electron chi connectivity index (χ4n) is 1.55. The molecule has 100 valence electrons. The van der Waals surface area contributed by atoms with Crippen LogP contribution in [0.15, 0.2) is 24.7 Å². The first-order valence-electron chi connectivity index (χ1n) is 5.91. The smallest absolute Gasteiger partial charge is 0.390 e.